The van der Waals surface area contributed by atoms with E-state index in [4.69, 9.17) is 5.41 Å². The molecule has 1 aliphatic heterocycles. The Bertz CT molecular complexity index is 1210. The van der Waals surface area contributed by atoms with Crippen LogP contribution < -0.4 is 5.32 Å². The van der Waals surface area contributed by atoms with E-state index in [0.717, 1.165) is 35.3 Å². The Kier molecular flexibility index (Phi) is 5.50. The van der Waals surface area contributed by atoms with E-state index in [2.05, 4.69) is 71.0 Å². The number of hydrogen-bond acceptors (Lipinski definition) is 4. The summed E-state index contributed by atoms with van der Waals surface area (Å²) in [4.78, 5) is 0. The van der Waals surface area contributed by atoms with Gasteiger partial charge in [0.2, 0.25) is 0 Å². The van der Waals surface area contributed by atoms with Crippen molar-refractivity contribution in [3.63, 3.8) is 0 Å². The van der Waals surface area contributed by atoms with E-state index in [1.807, 2.05) is 0 Å². The first-order valence-corrected chi connectivity index (χ1v) is 13.1. The first kappa shape index (κ1) is 21.9. The second kappa shape index (κ2) is 8.54. The first-order valence-electron chi connectivity index (χ1n) is 12.2. The molecule has 0 radical (unpaired) electrons. The minimum Gasteiger partial charge on any atom is -0.355 e. The number of nitrogens with zero attached hydrogens (tertiary/aromatic N) is 1. The fourth-order valence-electron chi connectivity index (χ4n) is 6.13. The minimum absolute atomic E-state index is 0.106. The Morgan fingerprint density at radius 3 is 2.53 bits per heavy atom. The van der Waals surface area contributed by atoms with Gasteiger partial charge < -0.3 is 10.7 Å². The molecule has 2 aliphatic carbocycles. The van der Waals surface area contributed by atoms with E-state index in [9.17, 15) is 4.39 Å². The smallest absolute Gasteiger partial charge is 0.123 e. The lowest BCUT2D eigenvalue weighted by molar-refractivity contribution is 0.453. The minimum atomic E-state index is -0.249. The third-order valence-electron chi connectivity index (χ3n) is 8.03. The maximum Gasteiger partial charge on any atom is 0.123 e. The number of rotatable bonds is 7. The molecule has 3 fully saturated rings. The molecular weight excluding hydrogens is 441 g/mol. The number of piperidine rings is 1. The Labute approximate surface area is 205 Å². The summed E-state index contributed by atoms with van der Waals surface area (Å²) in [5.41, 5.74) is 6.78. The van der Waals surface area contributed by atoms with Crippen molar-refractivity contribution in [2.45, 2.75) is 42.8 Å². The number of hydrogen-bond donors (Lipinski definition) is 2. The summed E-state index contributed by atoms with van der Waals surface area (Å²) < 4.78 is 16.0. The summed E-state index contributed by atoms with van der Waals surface area (Å²) >= 11 is 2.09. The lowest BCUT2D eigenvalue weighted by Gasteiger charge is -2.32. The van der Waals surface area contributed by atoms with Crippen LogP contribution in [0.25, 0.3) is 0 Å². The average molecular weight is 472 g/mol. The largest absolute Gasteiger partial charge is 0.355 e. The highest BCUT2D eigenvalue weighted by atomic mass is 32.2. The molecule has 3 nitrogen and oxygen atoms in total. The van der Waals surface area contributed by atoms with Gasteiger partial charge in [0, 0.05) is 52.8 Å². The number of fused-ring (bicyclic) bond motifs is 1. The van der Waals surface area contributed by atoms with E-state index >= 15 is 0 Å². The number of benzene rings is 3. The highest BCUT2D eigenvalue weighted by Gasteiger charge is 2.70. The van der Waals surface area contributed by atoms with E-state index in [1.54, 1.807) is 12.1 Å². The lowest BCUT2D eigenvalue weighted by atomic mass is 9.86. The average Bonchev–Trinajstić information content (AvgIpc) is 3.28. The molecule has 3 aromatic rings. The van der Waals surface area contributed by atoms with Gasteiger partial charge in [-0.1, -0.05) is 48.7 Å². The van der Waals surface area contributed by atoms with E-state index in [0.29, 0.717) is 11.8 Å². The summed E-state index contributed by atoms with van der Waals surface area (Å²) in [5, 5.41) is 12.3. The topological polar surface area (TPSA) is 39.1 Å². The van der Waals surface area contributed by atoms with Crippen molar-refractivity contribution in [3.8, 4) is 0 Å². The zero-order valence-corrected chi connectivity index (χ0v) is 20.2. The Hall–Kier alpha value is -2.63. The zero-order valence-electron chi connectivity index (χ0n) is 19.4. The lowest BCUT2D eigenvalue weighted by Crippen LogP contribution is -2.28. The quantitative estimate of drug-likeness (QED) is 0.287. The number of halogens is 1. The second-order valence-electron chi connectivity index (χ2n) is 10.0. The monoisotopic (exact) mass is 471 g/mol. The summed E-state index contributed by atoms with van der Waals surface area (Å²) in [5.74, 6) is 0.886. The number of aryl methyl sites for hydroxylation is 1. The molecule has 3 aliphatic rings. The molecule has 0 amide bonds. The SMILES string of the molecule is Cc1cc(Nc2ccc(F)cc2)c(C=N)cc1C12CN(SC3CCC3)CC1C2c1ccccc1. The Morgan fingerprint density at radius 2 is 1.85 bits per heavy atom. The predicted octanol–water partition coefficient (Wildman–Crippen LogP) is 7.04. The normalized spacial score (nSPS) is 26.1. The Balaban J connectivity index is 1.35. The number of anilines is 2. The van der Waals surface area contributed by atoms with Gasteiger partial charge in [-0.3, -0.25) is 0 Å². The van der Waals surface area contributed by atoms with Crippen molar-refractivity contribution in [1.29, 1.82) is 5.41 Å². The molecule has 34 heavy (non-hydrogen) atoms. The van der Waals surface area contributed by atoms with Gasteiger partial charge in [0.15, 0.2) is 0 Å². The fourth-order valence-corrected chi connectivity index (χ4v) is 7.63. The van der Waals surface area contributed by atoms with Crippen LogP contribution in [0.1, 0.15) is 47.4 Å². The van der Waals surface area contributed by atoms with Crippen LogP contribution in [0.2, 0.25) is 0 Å². The molecule has 2 N–H and O–H groups in total. The first-order chi connectivity index (χ1) is 16.6. The van der Waals surface area contributed by atoms with Gasteiger partial charge in [-0.2, -0.15) is 0 Å². The molecule has 0 spiro atoms. The van der Waals surface area contributed by atoms with Crippen LogP contribution in [-0.4, -0.2) is 28.9 Å². The molecule has 3 aromatic carbocycles. The van der Waals surface area contributed by atoms with Crippen LogP contribution >= 0.6 is 11.9 Å². The Morgan fingerprint density at radius 1 is 1.09 bits per heavy atom. The highest BCUT2D eigenvalue weighted by molar-refractivity contribution is 7.97. The third kappa shape index (κ3) is 3.66. The molecule has 3 unspecified atom stereocenters. The third-order valence-corrected chi connectivity index (χ3v) is 9.38. The number of nitrogens with one attached hydrogen (secondary N) is 2. The molecule has 1 saturated heterocycles. The van der Waals surface area contributed by atoms with Crippen LogP contribution in [0.15, 0.2) is 66.7 Å². The molecule has 0 bridgehead atoms. The van der Waals surface area contributed by atoms with Crippen molar-refractivity contribution >= 4 is 29.5 Å². The highest BCUT2D eigenvalue weighted by Crippen LogP contribution is 2.70. The van der Waals surface area contributed by atoms with Crippen LogP contribution in [0.4, 0.5) is 15.8 Å². The van der Waals surface area contributed by atoms with Crippen molar-refractivity contribution < 1.29 is 4.39 Å². The molecule has 3 atom stereocenters. The molecule has 1 heterocycles. The van der Waals surface area contributed by atoms with Gasteiger partial charge in [0.1, 0.15) is 5.82 Å². The van der Waals surface area contributed by atoms with E-state index in [1.165, 1.54) is 54.3 Å². The van der Waals surface area contributed by atoms with Gasteiger partial charge in [-0.15, -0.1) is 0 Å². The maximum atomic E-state index is 13.4. The van der Waals surface area contributed by atoms with E-state index in [-0.39, 0.29) is 11.2 Å². The van der Waals surface area contributed by atoms with Crippen LogP contribution in [0.5, 0.6) is 0 Å². The fraction of sp³-hybridized carbons (Fsp3) is 0.345. The molecule has 5 heteroatoms. The molecule has 2 saturated carbocycles. The summed E-state index contributed by atoms with van der Waals surface area (Å²) in [6, 6.07) is 21.8. The van der Waals surface area contributed by atoms with E-state index < -0.39 is 0 Å². The van der Waals surface area contributed by atoms with Crippen LogP contribution in [-0.2, 0) is 5.41 Å². The molecule has 0 aromatic heterocycles. The predicted molar refractivity (Wildman–Crippen MR) is 140 cm³/mol. The zero-order chi connectivity index (χ0) is 23.3. The maximum absolute atomic E-state index is 13.4. The van der Waals surface area contributed by atoms with Gasteiger partial charge in [-0.25, -0.2) is 8.70 Å². The van der Waals surface area contributed by atoms with Gasteiger partial charge in [-0.05, 0) is 78.8 Å². The van der Waals surface area contributed by atoms with Crippen LogP contribution in [0, 0.1) is 24.1 Å². The molecule has 6 rings (SSSR count). The van der Waals surface area contributed by atoms with Gasteiger partial charge >= 0.3 is 0 Å². The van der Waals surface area contributed by atoms with Gasteiger partial charge in [0.25, 0.3) is 0 Å². The van der Waals surface area contributed by atoms with Crippen molar-refractivity contribution in [3.05, 3.63) is 94.8 Å². The van der Waals surface area contributed by atoms with Crippen molar-refractivity contribution in [1.82, 2.24) is 4.31 Å². The standard InChI is InChI=1S/C29H30FN3S/c1-19-14-27(32-23-12-10-22(30)11-13-23)21(16-31)15-25(19)29-18-33(34-24-8-5-9-24)17-26(29)28(29)20-6-3-2-4-7-20/h2-4,6-7,10-16,24,26,28,31-32H,5,8-9,17-18H2,1H3. The molecular formula is C29H30FN3S. The van der Waals surface area contributed by atoms with Gasteiger partial charge in [0.05, 0.1) is 0 Å². The second-order valence-corrected chi connectivity index (χ2v) is 11.4. The summed E-state index contributed by atoms with van der Waals surface area (Å²) in [6.45, 7) is 4.41. The summed E-state index contributed by atoms with van der Waals surface area (Å²) in [6.07, 6.45) is 5.51. The van der Waals surface area contributed by atoms with Crippen molar-refractivity contribution in [2.24, 2.45) is 5.92 Å². The van der Waals surface area contributed by atoms with Crippen LogP contribution in [0.3, 0.4) is 0 Å². The summed E-state index contributed by atoms with van der Waals surface area (Å²) in [7, 11) is 0. The van der Waals surface area contributed by atoms with Crippen molar-refractivity contribution in [2.75, 3.05) is 18.4 Å². The molecule has 174 valence electrons.